The molecule has 0 aromatic carbocycles. The molecule has 0 heterocycles. The van der Waals surface area contributed by atoms with Gasteiger partial charge in [0.25, 0.3) is 0 Å². The van der Waals surface area contributed by atoms with Crippen LogP contribution in [0.4, 0.5) is 0 Å². The van der Waals surface area contributed by atoms with Gasteiger partial charge in [0.1, 0.15) is 0 Å². The van der Waals surface area contributed by atoms with Crippen molar-refractivity contribution in [2.75, 3.05) is 5.75 Å². The van der Waals surface area contributed by atoms with E-state index in [-0.39, 0.29) is 0 Å². The molecule has 0 fully saturated rings. The summed E-state index contributed by atoms with van der Waals surface area (Å²) in [6.45, 7) is 6.74. The Kier molecular flexibility index (Phi) is 4.00. The Bertz CT molecular complexity index is 54.0. The topological polar surface area (TPSA) is 0 Å². The van der Waals surface area contributed by atoms with Crippen molar-refractivity contribution in [2.45, 2.75) is 27.2 Å². The van der Waals surface area contributed by atoms with E-state index >= 15 is 0 Å². The molecule has 0 N–H and O–H groups in total. The summed E-state index contributed by atoms with van der Waals surface area (Å²) in [5.74, 6) is 1.16. The van der Waals surface area contributed by atoms with E-state index in [0.29, 0.717) is 5.41 Å². The zero-order valence-electron chi connectivity index (χ0n) is 5.77. The molecular weight excluding hydrogens is 136 g/mol. The maximum Gasteiger partial charge on any atom is 0.00394 e. The Balaban J connectivity index is 3.11. The van der Waals surface area contributed by atoms with Gasteiger partial charge in [-0.2, -0.15) is 0 Å². The van der Waals surface area contributed by atoms with Gasteiger partial charge in [-0.25, -0.2) is 0 Å². The van der Waals surface area contributed by atoms with Crippen molar-refractivity contribution >= 4 is 22.5 Å². The van der Waals surface area contributed by atoms with Gasteiger partial charge >= 0.3 is 0 Å². The zero-order chi connectivity index (χ0) is 6.62. The fourth-order valence-electron chi connectivity index (χ4n) is 0.352. The van der Waals surface area contributed by atoms with Crippen molar-refractivity contribution in [2.24, 2.45) is 5.41 Å². The zero-order valence-corrected chi connectivity index (χ0v) is 7.48. The number of hydrogen-bond donors (Lipinski definition) is 1. The van der Waals surface area contributed by atoms with E-state index in [1.807, 2.05) is 0 Å². The summed E-state index contributed by atoms with van der Waals surface area (Å²) >= 11 is 4.05. The van der Waals surface area contributed by atoms with E-state index in [0.717, 1.165) is 5.75 Å². The molecule has 0 amide bonds. The molecule has 2 heteroatoms. The van der Waals surface area contributed by atoms with Gasteiger partial charge in [0.15, 0.2) is 0 Å². The molecule has 0 saturated heterocycles. The van der Waals surface area contributed by atoms with Gasteiger partial charge in [0, 0.05) is 5.75 Å². The maximum absolute atomic E-state index is 4.05. The Morgan fingerprint density at radius 2 is 1.88 bits per heavy atom. The second-order valence-corrected chi connectivity index (χ2v) is 4.58. The minimum Gasteiger partial charge on any atom is -0.111 e. The molecule has 0 aliphatic rings. The minimum atomic E-state index is 0.482. The molecule has 0 atom stereocenters. The van der Waals surface area contributed by atoms with E-state index in [9.17, 15) is 0 Å². The third-order valence-corrected chi connectivity index (χ3v) is 1.88. The van der Waals surface area contributed by atoms with Gasteiger partial charge in [-0.15, -0.1) is 11.7 Å². The lowest BCUT2D eigenvalue weighted by Gasteiger charge is -2.15. The molecule has 0 aromatic heterocycles. The molecule has 0 aliphatic heterocycles. The lowest BCUT2D eigenvalue weighted by atomic mass is 9.94. The highest BCUT2D eigenvalue weighted by atomic mass is 33.1. The molecule has 0 nitrogen and oxygen atoms in total. The Labute approximate surface area is 61.2 Å². The fraction of sp³-hybridized carbons (Fsp3) is 1.00. The normalized spacial score (nSPS) is 12.0. The maximum atomic E-state index is 4.05. The first kappa shape index (κ1) is 8.70. The van der Waals surface area contributed by atoms with E-state index in [2.05, 4.69) is 32.4 Å². The Morgan fingerprint density at radius 3 is 2.00 bits per heavy atom. The van der Waals surface area contributed by atoms with Crippen LogP contribution in [0.5, 0.6) is 0 Å². The van der Waals surface area contributed by atoms with Crippen LogP contribution < -0.4 is 0 Å². The van der Waals surface area contributed by atoms with Gasteiger partial charge in [-0.3, -0.25) is 0 Å². The van der Waals surface area contributed by atoms with Gasteiger partial charge in [-0.05, 0) is 11.8 Å². The monoisotopic (exact) mass is 150 g/mol. The SMILES string of the molecule is CC(C)(C)CCSS. The summed E-state index contributed by atoms with van der Waals surface area (Å²) in [7, 11) is 1.62. The summed E-state index contributed by atoms with van der Waals surface area (Å²) < 4.78 is 0. The molecule has 0 aromatic rings. The average Bonchev–Trinajstić information content (AvgIpc) is 1.59. The highest BCUT2D eigenvalue weighted by Gasteiger charge is 2.07. The third-order valence-electron chi connectivity index (χ3n) is 0.943. The Morgan fingerprint density at radius 1 is 1.38 bits per heavy atom. The lowest BCUT2D eigenvalue weighted by molar-refractivity contribution is 0.402. The number of thiol groups is 1. The smallest absolute Gasteiger partial charge is 0.00394 e. The standard InChI is InChI=1S/C6H14S2/c1-6(2,3)4-5-8-7/h7H,4-5H2,1-3H3. The van der Waals surface area contributed by atoms with Crippen molar-refractivity contribution in [3.05, 3.63) is 0 Å². The van der Waals surface area contributed by atoms with Gasteiger partial charge in [0.2, 0.25) is 0 Å². The summed E-state index contributed by atoms with van der Waals surface area (Å²) in [5.41, 5.74) is 0.482. The second kappa shape index (κ2) is 3.67. The van der Waals surface area contributed by atoms with Crippen molar-refractivity contribution in [3.63, 3.8) is 0 Å². The predicted molar refractivity (Wildman–Crippen MR) is 45.5 cm³/mol. The Hall–Kier alpha value is 0.700. The molecule has 50 valence electrons. The number of hydrogen-bond acceptors (Lipinski definition) is 2. The quantitative estimate of drug-likeness (QED) is 0.466. The third kappa shape index (κ3) is 6.70. The van der Waals surface area contributed by atoms with Crippen LogP contribution in [0.1, 0.15) is 27.2 Å². The highest BCUT2D eigenvalue weighted by Crippen LogP contribution is 2.22. The minimum absolute atomic E-state index is 0.482. The van der Waals surface area contributed by atoms with Crippen LogP contribution in [0.3, 0.4) is 0 Å². The number of rotatable bonds is 2. The van der Waals surface area contributed by atoms with Crippen LogP contribution in [0.15, 0.2) is 0 Å². The average molecular weight is 150 g/mol. The van der Waals surface area contributed by atoms with Crippen LogP contribution in [0, 0.1) is 5.41 Å². The second-order valence-electron chi connectivity index (χ2n) is 3.14. The first-order valence-corrected chi connectivity index (χ1v) is 4.86. The van der Waals surface area contributed by atoms with E-state index in [1.54, 1.807) is 10.8 Å². The molecule has 0 saturated carbocycles. The summed E-state index contributed by atoms with van der Waals surface area (Å²) in [5, 5.41) is 0. The summed E-state index contributed by atoms with van der Waals surface area (Å²) in [6, 6.07) is 0. The fourth-order valence-corrected chi connectivity index (χ4v) is 1.33. The van der Waals surface area contributed by atoms with Crippen molar-refractivity contribution in [1.29, 1.82) is 0 Å². The lowest BCUT2D eigenvalue weighted by Crippen LogP contribution is -2.04. The van der Waals surface area contributed by atoms with Gasteiger partial charge in [-0.1, -0.05) is 31.6 Å². The highest BCUT2D eigenvalue weighted by molar-refractivity contribution is 8.68. The molecule has 0 rings (SSSR count). The molecule has 0 radical (unpaired) electrons. The molecule has 8 heavy (non-hydrogen) atoms. The molecular formula is C6H14S2. The molecule has 0 unspecified atom stereocenters. The van der Waals surface area contributed by atoms with E-state index in [4.69, 9.17) is 0 Å². The molecule has 0 spiro atoms. The first-order chi connectivity index (χ1) is 3.56. The largest absolute Gasteiger partial charge is 0.111 e. The van der Waals surface area contributed by atoms with Crippen molar-refractivity contribution in [3.8, 4) is 0 Å². The van der Waals surface area contributed by atoms with Crippen LogP contribution in [0.25, 0.3) is 0 Å². The van der Waals surface area contributed by atoms with Crippen LogP contribution >= 0.6 is 22.5 Å². The van der Waals surface area contributed by atoms with Crippen LogP contribution in [-0.2, 0) is 0 Å². The molecule has 0 bridgehead atoms. The summed E-state index contributed by atoms with van der Waals surface area (Å²) in [4.78, 5) is 0. The summed E-state index contributed by atoms with van der Waals surface area (Å²) in [6.07, 6.45) is 1.25. The molecule has 0 aliphatic carbocycles. The van der Waals surface area contributed by atoms with Gasteiger partial charge in [0.05, 0.1) is 0 Å². The van der Waals surface area contributed by atoms with Gasteiger partial charge < -0.3 is 0 Å². The first-order valence-electron chi connectivity index (χ1n) is 2.82. The van der Waals surface area contributed by atoms with Crippen LogP contribution in [-0.4, -0.2) is 5.75 Å². The van der Waals surface area contributed by atoms with Crippen molar-refractivity contribution in [1.82, 2.24) is 0 Å². The van der Waals surface area contributed by atoms with Crippen LogP contribution in [0.2, 0.25) is 0 Å². The van der Waals surface area contributed by atoms with E-state index in [1.165, 1.54) is 6.42 Å². The van der Waals surface area contributed by atoms with E-state index < -0.39 is 0 Å². The van der Waals surface area contributed by atoms with Crippen molar-refractivity contribution < 1.29 is 0 Å². The predicted octanol–water partition coefficient (Wildman–Crippen LogP) is 3.00.